The third kappa shape index (κ3) is 2.55. The molecule has 0 saturated carbocycles. The highest BCUT2D eigenvalue weighted by molar-refractivity contribution is 5.98. The molecule has 1 atom stereocenters. The summed E-state index contributed by atoms with van der Waals surface area (Å²) >= 11 is 0. The number of nitrogens with one attached hydrogen (secondary N) is 1. The second-order valence-corrected chi connectivity index (χ2v) is 7.22. The highest BCUT2D eigenvalue weighted by atomic mass is 16.2. The van der Waals surface area contributed by atoms with Crippen molar-refractivity contribution in [2.75, 3.05) is 19.4 Å². The second-order valence-electron chi connectivity index (χ2n) is 7.22. The summed E-state index contributed by atoms with van der Waals surface area (Å²) in [5.41, 5.74) is 7.07. The van der Waals surface area contributed by atoms with Gasteiger partial charge in [-0.05, 0) is 37.8 Å². The number of hydrogen-bond donors (Lipinski definition) is 1. The predicted octanol–water partition coefficient (Wildman–Crippen LogP) is 3.75. The maximum Gasteiger partial charge on any atom is 0.255 e. The van der Waals surface area contributed by atoms with E-state index in [9.17, 15) is 4.79 Å². The summed E-state index contributed by atoms with van der Waals surface area (Å²) in [5, 5.41) is 3.68. The topological polar surface area (TPSA) is 49.6 Å². The second kappa shape index (κ2) is 6.16. The number of imidazole rings is 1. The molecule has 1 N–H and O–H groups in total. The SMILES string of the molecule is Cc1nc2c3c(c(C(=O)N(C)C)cn2c1C)CCC(c1ccccc1)N3. The van der Waals surface area contributed by atoms with E-state index in [-0.39, 0.29) is 11.9 Å². The smallest absolute Gasteiger partial charge is 0.255 e. The van der Waals surface area contributed by atoms with Crippen molar-refractivity contribution in [3.05, 3.63) is 64.6 Å². The van der Waals surface area contributed by atoms with Crippen molar-refractivity contribution < 1.29 is 4.79 Å². The molecule has 0 spiro atoms. The first kappa shape index (κ1) is 16.6. The van der Waals surface area contributed by atoms with Gasteiger partial charge in [-0.1, -0.05) is 30.3 Å². The van der Waals surface area contributed by atoms with Crippen LogP contribution >= 0.6 is 0 Å². The van der Waals surface area contributed by atoms with Gasteiger partial charge in [0.1, 0.15) is 0 Å². The summed E-state index contributed by atoms with van der Waals surface area (Å²) in [6.07, 6.45) is 3.77. The fourth-order valence-electron chi connectivity index (χ4n) is 3.74. The van der Waals surface area contributed by atoms with E-state index >= 15 is 0 Å². The summed E-state index contributed by atoms with van der Waals surface area (Å²) in [6, 6.07) is 10.7. The van der Waals surface area contributed by atoms with Crippen molar-refractivity contribution in [2.24, 2.45) is 0 Å². The normalized spacial score (nSPS) is 16.2. The first-order valence-electron chi connectivity index (χ1n) is 9.01. The molecule has 3 heterocycles. The van der Waals surface area contributed by atoms with Gasteiger partial charge in [-0.3, -0.25) is 4.79 Å². The molecule has 134 valence electrons. The molecule has 0 radical (unpaired) electrons. The van der Waals surface area contributed by atoms with Gasteiger partial charge in [0.05, 0.1) is 23.0 Å². The molecule has 0 fully saturated rings. The van der Waals surface area contributed by atoms with Gasteiger partial charge in [0.25, 0.3) is 5.91 Å². The molecule has 1 amide bonds. The summed E-state index contributed by atoms with van der Waals surface area (Å²) in [7, 11) is 3.60. The summed E-state index contributed by atoms with van der Waals surface area (Å²) in [4.78, 5) is 19.2. The van der Waals surface area contributed by atoms with Crippen LogP contribution in [0.15, 0.2) is 36.5 Å². The Morgan fingerprint density at radius 2 is 1.96 bits per heavy atom. The lowest BCUT2D eigenvalue weighted by molar-refractivity contribution is 0.0826. The molecule has 2 aromatic heterocycles. The van der Waals surface area contributed by atoms with Crippen molar-refractivity contribution in [1.29, 1.82) is 0 Å². The third-order valence-corrected chi connectivity index (χ3v) is 5.34. The minimum Gasteiger partial charge on any atom is -0.375 e. The largest absolute Gasteiger partial charge is 0.375 e. The Hall–Kier alpha value is -2.82. The Morgan fingerprint density at radius 3 is 2.65 bits per heavy atom. The Balaban J connectivity index is 1.90. The molecule has 1 aliphatic heterocycles. The summed E-state index contributed by atoms with van der Waals surface area (Å²) in [5.74, 6) is 0.0360. The Labute approximate surface area is 153 Å². The van der Waals surface area contributed by atoms with Gasteiger partial charge in [-0.25, -0.2) is 4.98 Å². The summed E-state index contributed by atoms with van der Waals surface area (Å²) < 4.78 is 2.05. The Kier molecular flexibility index (Phi) is 3.94. The number of carbonyl (C=O) groups excluding carboxylic acids is 1. The minimum absolute atomic E-state index is 0.0360. The molecule has 0 saturated heterocycles. The van der Waals surface area contributed by atoms with Gasteiger partial charge in [-0.15, -0.1) is 0 Å². The molecule has 0 bridgehead atoms. The number of hydrogen-bond acceptors (Lipinski definition) is 3. The van der Waals surface area contributed by atoms with Crippen LogP contribution in [0.2, 0.25) is 0 Å². The van der Waals surface area contributed by atoms with E-state index in [2.05, 4.69) is 29.6 Å². The highest BCUT2D eigenvalue weighted by Crippen LogP contribution is 2.37. The molecule has 3 aromatic rings. The molecule has 1 unspecified atom stereocenters. The van der Waals surface area contributed by atoms with Gasteiger partial charge in [0.2, 0.25) is 0 Å². The van der Waals surface area contributed by atoms with Crippen LogP contribution in [0.4, 0.5) is 5.69 Å². The number of pyridine rings is 1. The van der Waals surface area contributed by atoms with E-state index in [1.807, 2.05) is 30.5 Å². The van der Waals surface area contributed by atoms with Crippen LogP contribution in [0.5, 0.6) is 0 Å². The lowest BCUT2D eigenvalue weighted by Crippen LogP contribution is -2.27. The van der Waals surface area contributed by atoms with Crippen LogP contribution < -0.4 is 5.32 Å². The average molecular weight is 348 g/mol. The first-order chi connectivity index (χ1) is 12.5. The number of amides is 1. The van der Waals surface area contributed by atoms with Crippen LogP contribution in [-0.2, 0) is 6.42 Å². The van der Waals surface area contributed by atoms with Crippen LogP contribution in [0, 0.1) is 13.8 Å². The molecule has 5 heteroatoms. The molecule has 4 rings (SSSR count). The van der Waals surface area contributed by atoms with E-state index in [0.717, 1.165) is 46.7 Å². The zero-order valence-electron chi connectivity index (χ0n) is 15.7. The van der Waals surface area contributed by atoms with Crippen molar-refractivity contribution in [3.8, 4) is 0 Å². The maximum atomic E-state index is 12.8. The number of anilines is 1. The number of nitrogens with zero attached hydrogens (tertiary/aromatic N) is 3. The lowest BCUT2D eigenvalue weighted by atomic mass is 9.91. The molecule has 0 aliphatic carbocycles. The maximum absolute atomic E-state index is 12.8. The first-order valence-corrected chi connectivity index (χ1v) is 9.01. The third-order valence-electron chi connectivity index (χ3n) is 5.34. The summed E-state index contributed by atoms with van der Waals surface area (Å²) in [6.45, 7) is 4.06. The van der Waals surface area contributed by atoms with Crippen molar-refractivity contribution in [2.45, 2.75) is 32.7 Å². The van der Waals surface area contributed by atoms with Crippen molar-refractivity contribution >= 4 is 17.2 Å². The molecule has 1 aliphatic rings. The monoisotopic (exact) mass is 348 g/mol. The molecule has 5 nitrogen and oxygen atoms in total. The quantitative estimate of drug-likeness (QED) is 0.767. The Bertz CT molecular complexity index is 988. The average Bonchev–Trinajstić information content (AvgIpc) is 2.95. The number of aromatic nitrogens is 2. The fourth-order valence-corrected chi connectivity index (χ4v) is 3.74. The van der Waals surface area contributed by atoms with Crippen LogP contribution in [0.3, 0.4) is 0 Å². The van der Waals surface area contributed by atoms with E-state index in [1.54, 1.807) is 19.0 Å². The van der Waals surface area contributed by atoms with Gasteiger partial charge >= 0.3 is 0 Å². The molecule has 26 heavy (non-hydrogen) atoms. The minimum atomic E-state index is 0.0360. The van der Waals surface area contributed by atoms with E-state index in [1.165, 1.54) is 5.56 Å². The fraction of sp³-hybridized carbons (Fsp3) is 0.333. The molecule has 1 aromatic carbocycles. The molecular formula is C21H24N4O. The van der Waals surface area contributed by atoms with Crippen LogP contribution in [0.1, 0.15) is 45.3 Å². The number of benzene rings is 1. The predicted molar refractivity (Wildman–Crippen MR) is 104 cm³/mol. The number of rotatable bonds is 2. The van der Waals surface area contributed by atoms with E-state index in [4.69, 9.17) is 4.98 Å². The number of aryl methyl sites for hydroxylation is 2. The van der Waals surface area contributed by atoms with Gasteiger partial charge in [0.15, 0.2) is 5.65 Å². The standard InChI is InChI=1S/C21H24N4O/c1-13-14(2)25-12-17(21(26)24(3)4)16-10-11-18(15-8-6-5-7-9-15)23-19(16)20(25)22-13/h5-9,12,18,23H,10-11H2,1-4H3. The van der Waals surface area contributed by atoms with Gasteiger partial charge < -0.3 is 14.6 Å². The zero-order chi connectivity index (χ0) is 18.4. The number of fused-ring (bicyclic) bond motifs is 3. The van der Waals surface area contributed by atoms with Gasteiger partial charge in [-0.2, -0.15) is 0 Å². The number of carbonyl (C=O) groups is 1. The van der Waals surface area contributed by atoms with Crippen molar-refractivity contribution in [3.63, 3.8) is 0 Å². The van der Waals surface area contributed by atoms with Crippen molar-refractivity contribution in [1.82, 2.24) is 14.3 Å². The van der Waals surface area contributed by atoms with E-state index < -0.39 is 0 Å². The molecular weight excluding hydrogens is 324 g/mol. The van der Waals surface area contributed by atoms with Gasteiger partial charge in [0, 0.05) is 26.0 Å². The zero-order valence-corrected chi connectivity index (χ0v) is 15.7. The van der Waals surface area contributed by atoms with Crippen LogP contribution in [0.25, 0.3) is 5.65 Å². The van der Waals surface area contributed by atoms with Crippen LogP contribution in [-0.4, -0.2) is 34.3 Å². The Morgan fingerprint density at radius 1 is 1.23 bits per heavy atom. The lowest BCUT2D eigenvalue weighted by Gasteiger charge is -2.29. The van der Waals surface area contributed by atoms with E-state index in [0.29, 0.717) is 0 Å². The highest BCUT2D eigenvalue weighted by Gasteiger charge is 2.28.